The number of halogens is 2. The summed E-state index contributed by atoms with van der Waals surface area (Å²) in [4.78, 5) is 12.7. The third-order valence-corrected chi connectivity index (χ3v) is 4.47. The van der Waals surface area contributed by atoms with Gasteiger partial charge in [-0.1, -0.05) is 0 Å². The summed E-state index contributed by atoms with van der Waals surface area (Å²) in [6.45, 7) is 3.28. The van der Waals surface area contributed by atoms with Crippen molar-refractivity contribution in [3.8, 4) is 0 Å². The standard InChI is InChI=1S/C15H17F2N5S/c16-12-7-11(8-13(17)9-12)10-20-14(18)21-2-4-22(5-3-21)15-19-1-6-23-15/h1,6-9H,2-5,10H2,(H2,18,20). The molecule has 8 heteroatoms. The van der Waals surface area contributed by atoms with Crippen molar-refractivity contribution >= 4 is 22.4 Å². The van der Waals surface area contributed by atoms with E-state index in [2.05, 4.69) is 14.9 Å². The number of guanidine groups is 1. The second-order valence-electron chi connectivity index (χ2n) is 5.24. The van der Waals surface area contributed by atoms with E-state index in [1.807, 2.05) is 10.3 Å². The van der Waals surface area contributed by atoms with Gasteiger partial charge in [0.2, 0.25) is 0 Å². The van der Waals surface area contributed by atoms with Crippen LogP contribution < -0.4 is 10.6 Å². The highest BCUT2D eigenvalue weighted by Gasteiger charge is 2.19. The van der Waals surface area contributed by atoms with Crippen LogP contribution in [0.3, 0.4) is 0 Å². The van der Waals surface area contributed by atoms with Crippen LogP contribution in [0.4, 0.5) is 13.9 Å². The SMILES string of the molecule is NC(=NCc1cc(F)cc(F)c1)N1CCN(c2nccs2)CC1. The van der Waals surface area contributed by atoms with Crippen molar-refractivity contribution in [3.05, 3.63) is 47.0 Å². The molecule has 1 aliphatic heterocycles. The Kier molecular flexibility index (Phi) is 4.71. The molecule has 0 bridgehead atoms. The summed E-state index contributed by atoms with van der Waals surface area (Å²) in [6.07, 6.45) is 1.79. The first-order chi connectivity index (χ1) is 11.1. The molecule has 1 aliphatic rings. The molecule has 0 radical (unpaired) electrons. The van der Waals surface area contributed by atoms with E-state index in [-0.39, 0.29) is 6.54 Å². The molecule has 3 rings (SSSR count). The fraction of sp³-hybridized carbons (Fsp3) is 0.333. The fourth-order valence-corrected chi connectivity index (χ4v) is 3.17. The Morgan fingerprint density at radius 3 is 2.48 bits per heavy atom. The Morgan fingerprint density at radius 1 is 1.17 bits per heavy atom. The number of aliphatic imine (C=N–C) groups is 1. The highest BCUT2D eigenvalue weighted by Crippen LogP contribution is 2.18. The molecule has 0 spiro atoms. The minimum absolute atomic E-state index is 0.160. The number of piperazine rings is 1. The van der Waals surface area contributed by atoms with Crippen molar-refractivity contribution in [2.45, 2.75) is 6.54 Å². The maximum atomic E-state index is 13.1. The van der Waals surface area contributed by atoms with Crippen LogP contribution >= 0.6 is 11.3 Å². The van der Waals surface area contributed by atoms with Gasteiger partial charge in [-0.2, -0.15) is 0 Å². The second-order valence-corrected chi connectivity index (χ2v) is 6.11. The number of benzene rings is 1. The lowest BCUT2D eigenvalue weighted by molar-refractivity contribution is 0.380. The van der Waals surface area contributed by atoms with Crippen LogP contribution in [0.2, 0.25) is 0 Å². The highest BCUT2D eigenvalue weighted by molar-refractivity contribution is 7.13. The van der Waals surface area contributed by atoms with Gasteiger partial charge in [0, 0.05) is 43.8 Å². The van der Waals surface area contributed by atoms with Crippen molar-refractivity contribution in [2.75, 3.05) is 31.1 Å². The van der Waals surface area contributed by atoms with Crippen molar-refractivity contribution in [3.63, 3.8) is 0 Å². The van der Waals surface area contributed by atoms with Crippen molar-refractivity contribution < 1.29 is 8.78 Å². The van der Waals surface area contributed by atoms with Gasteiger partial charge < -0.3 is 15.5 Å². The number of anilines is 1. The first-order valence-electron chi connectivity index (χ1n) is 7.26. The number of aromatic nitrogens is 1. The topological polar surface area (TPSA) is 57.8 Å². The average molecular weight is 337 g/mol. The smallest absolute Gasteiger partial charge is 0.191 e. The summed E-state index contributed by atoms with van der Waals surface area (Å²) < 4.78 is 26.3. The lowest BCUT2D eigenvalue weighted by atomic mass is 10.2. The number of nitrogens with zero attached hydrogens (tertiary/aromatic N) is 4. The van der Waals surface area contributed by atoms with E-state index in [9.17, 15) is 8.78 Å². The zero-order chi connectivity index (χ0) is 16.2. The number of rotatable bonds is 3. The van der Waals surface area contributed by atoms with Crippen molar-refractivity contribution in [1.29, 1.82) is 0 Å². The molecule has 1 aromatic carbocycles. The van der Waals surface area contributed by atoms with Gasteiger partial charge in [-0.3, -0.25) is 0 Å². The van der Waals surface area contributed by atoms with Gasteiger partial charge in [0.15, 0.2) is 11.1 Å². The quantitative estimate of drug-likeness (QED) is 0.688. The molecule has 5 nitrogen and oxygen atoms in total. The summed E-state index contributed by atoms with van der Waals surface area (Å²) in [7, 11) is 0. The Balaban J connectivity index is 1.57. The largest absolute Gasteiger partial charge is 0.370 e. The lowest BCUT2D eigenvalue weighted by Gasteiger charge is -2.35. The van der Waals surface area contributed by atoms with E-state index in [0.717, 1.165) is 37.4 Å². The van der Waals surface area contributed by atoms with Crippen LogP contribution in [-0.4, -0.2) is 42.0 Å². The molecule has 23 heavy (non-hydrogen) atoms. The molecule has 0 amide bonds. The summed E-state index contributed by atoms with van der Waals surface area (Å²) in [5, 5.41) is 2.96. The molecular weight excluding hydrogens is 320 g/mol. The third kappa shape index (κ3) is 3.95. The van der Waals surface area contributed by atoms with Crippen LogP contribution in [0, 0.1) is 11.6 Å². The van der Waals surface area contributed by atoms with Gasteiger partial charge in [0.1, 0.15) is 11.6 Å². The van der Waals surface area contributed by atoms with E-state index >= 15 is 0 Å². The van der Waals surface area contributed by atoms with Gasteiger partial charge in [-0.05, 0) is 17.7 Å². The number of hydrogen-bond acceptors (Lipinski definition) is 4. The Bertz CT molecular complexity index is 661. The van der Waals surface area contributed by atoms with Crippen LogP contribution in [0.25, 0.3) is 0 Å². The van der Waals surface area contributed by atoms with Gasteiger partial charge in [-0.25, -0.2) is 18.8 Å². The summed E-state index contributed by atoms with van der Waals surface area (Å²) >= 11 is 1.61. The first kappa shape index (κ1) is 15.7. The zero-order valence-corrected chi connectivity index (χ0v) is 13.3. The first-order valence-corrected chi connectivity index (χ1v) is 8.14. The number of thiazole rings is 1. The average Bonchev–Trinajstić information content (AvgIpc) is 3.06. The van der Waals surface area contributed by atoms with Crippen molar-refractivity contribution in [2.24, 2.45) is 10.7 Å². The summed E-state index contributed by atoms with van der Waals surface area (Å²) in [6, 6.07) is 3.37. The Labute approximate surface area is 137 Å². The molecule has 122 valence electrons. The lowest BCUT2D eigenvalue weighted by Crippen LogP contribution is -2.51. The van der Waals surface area contributed by atoms with E-state index in [1.54, 1.807) is 17.5 Å². The van der Waals surface area contributed by atoms with Crippen LogP contribution in [0.15, 0.2) is 34.8 Å². The second kappa shape index (κ2) is 6.91. The minimum Gasteiger partial charge on any atom is -0.370 e. The van der Waals surface area contributed by atoms with Gasteiger partial charge in [0.05, 0.1) is 6.54 Å². The molecule has 0 unspecified atom stereocenters. The van der Waals surface area contributed by atoms with E-state index in [4.69, 9.17) is 5.73 Å². The highest BCUT2D eigenvalue weighted by atomic mass is 32.1. The van der Waals surface area contributed by atoms with Crippen molar-refractivity contribution in [1.82, 2.24) is 9.88 Å². The molecule has 1 aromatic heterocycles. The maximum absolute atomic E-state index is 13.1. The molecule has 0 aliphatic carbocycles. The van der Waals surface area contributed by atoms with Crippen LogP contribution in [-0.2, 0) is 6.54 Å². The normalized spacial score (nSPS) is 16.0. The number of hydrogen-bond donors (Lipinski definition) is 1. The molecule has 0 atom stereocenters. The minimum atomic E-state index is -0.606. The van der Waals surface area contributed by atoms with Gasteiger partial charge >= 0.3 is 0 Å². The van der Waals surface area contributed by atoms with Crippen LogP contribution in [0.5, 0.6) is 0 Å². The molecule has 2 aromatic rings. The van der Waals surface area contributed by atoms with E-state index < -0.39 is 11.6 Å². The van der Waals surface area contributed by atoms with Gasteiger partial charge in [0.25, 0.3) is 0 Å². The fourth-order valence-electron chi connectivity index (χ4n) is 2.47. The van der Waals surface area contributed by atoms with E-state index in [0.29, 0.717) is 11.5 Å². The molecule has 1 fully saturated rings. The monoisotopic (exact) mass is 337 g/mol. The molecule has 2 N–H and O–H groups in total. The molecule has 2 heterocycles. The predicted molar refractivity (Wildman–Crippen MR) is 87.6 cm³/mol. The zero-order valence-electron chi connectivity index (χ0n) is 12.5. The maximum Gasteiger partial charge on any atom is 0.191 e. The van der Waals surface area contributed by atoms with Gasteiger partial charge in [-0.15, -0.1) is 11.3 Å². The summed E-state index contributed by atoms with van der Waals surface area (Å²) in [5.41, 5.74) is 6.46. The Morgan fingerprint density at radius 2 is 1.87 bits per heavy atom. The van der Waals surface area contributed by atoms with E-state index in [1.165, 1.54) is 12.1 Å². The number of nitrogens with two attached hydrogens (primary N) is 1. The summed E-state index contributed by atoms with van der Waals surface area (Å²) in [5.74, 6) is -0.815. The molecule has 1 saturated heterocycles. The predicted octanol–water partition coefficient (Wildman–Crippen LogP) is 2.06. The third-order valence-electron chi connectivity index (χ3n) is 3.64. The Hall–Kier alpha value is -2.22. The molecule has 0 saturated carbocycles. The van der Waals surface area contributed by atoms with Crippen LogP contribution in [0.1, 0.15) is 5.56 Å². The molecular formula is C15H17F2N5S.